The van der Waals surface area contributed by atoms with Gasteiger partial charge in [-0.3, -0.25) is 19.8 Å². The van der Waals surface area contributed by atoms with E-state index >= 15 is 0 Å². The van der Waals surface area contributed by atoms with Crippen molar-refractivity contribution in [1.82, 2.24) is 4.90 Å². The molecule has 0 saturated carbocycles. The number of benzene rings is 1. The van der Waals surface area contributed by atoms with Gasteiger partial charge in [-0.05, 0) is 25.5 Å². The number of aryl methyl sites for hydroxylation is 1. The zero-order valence-electron chi connectivity index (χ0n) is 14.2. The third-order valence-electron chi connectivity index (χ3n) is 3.91. The average Bonchev–Trinajstić information content (AvgIpc) is 3.16. The molecule has 1 fully saturated rings. The van der Waals surface area contributed by atoms with E-state index in [0.29, 0.717) is 38.4 Å². The van der Waals surface area contributed by atoms with Gasteiger partial charge < -0.3 is 4.42 Å². The Balaban J connectivity index is 1.87. The number of hydrogen-bond acceptors (Lipinski definition) is 6. The van der Waals surface area contributed by atoms with Crippen LogP contribution in [0.3, 0.4) is 0 Å². The van der Waals surface area contributed by atoms with E-state index in [2.05, 4.69) is 0 Å². The maximum absolute atomic E-state index is 12.4. The normalized spacial score (nSPS) is 15.9. The molecule has 0 unspecified atom stereocenters. The quantitative estimate of drug-likeness (QED) is 0.318. The van der Waals surface area contributed by atoms with Gasteiger partial charge in [-0.15, -0.1) is 0 Å². The number of thioether (sulfide) groups is 1. The van der Waals surface area contributed by atoms with Crippen LogP contribution in [0.2, 0.25) is 0 Å². The van der Waals surface area contributed by atoms with Gasteiger partial charge >= 0.3 is 0 Å². The lowest BCUT2D eigenvalue weighted by Gasteiger charge is -2.11. The van der Waals surface area contributed by atoms with Crippen molar-refractivity contribution in [3.63, 3.8) is 0 Å². The molecule has 1 aromatic carbocycles. The summed E-state index contributed by atoms with van der Waals surface area (Å²) >= 11 is 6.49. The van der Waals surface area contributed by atoms with E-state index in [4.69, 9.17) is 16.6 Å². The molecule has 8 heteroatoms. The third kappa shape index (κ3) is 3.56. The summed E-state index contributed by atoms with van der Waals surface area (Å²) in [5.41, 5.74) is 1.24. The van der Waals surface area contributed by atoms with Crippen molar-refractivity contribution in [1.29, 1.82) is 0 Å². The first-order valence-corrected chi connectivity index (χ1v) is 9.23. The Morgan fingerprint density at radius 3 is 2.81 bits per heavy atom. The number of nitro benzene ring substituents is 1. The Kier molecular flexibility index (Phi) is 5.24. The fourth-order valence-electron chi connectivity index (χ4n) is 2.59. The molecule has 1 aromatic heterocycles. The van der Waals surface area contributed by atoms with Crippen LogP contribution < -0.4 is 0 Å². The molecule has 2 aromatic rings. The van der Waals surface area contributed by atoms with Gasteiger partial charge in [0, 0.05) is 29.8 Å². The van der Waals surface area contributed by atoms with Crippen molar-refractivity contribution in [2.45, 2.75) is 20.3 Å². The highest BCUT2D eigenvalue weighted by atomic mass is 32.2. The lowest BCUT2D eigenvalue weighted by molar-refractivity contribution is -0.385. The fourth-order valence-corrected chi connectivity index (χ4v) is 3.88. The van der Waals surface area contributed by atoms with Crippen molar-refractivity contribution >= 4 is 46.0 Å². The Labute approximate surface area is 160 Å². The summed E-state index contributed by atoms with van der Waals surface area (Å²) in [5, 5.41) is 11.1. The second kappa shape index (κ2) is 7.43. The van der Waals surface area contributed by atoms with Crippen LogP contribution in [0.15, 0.2) is 39.7 Å². The third-order valence-corrected chi connectivity index (χ3v) is 5.29. The molecule has 1 saturated heterocycles. The van der Waals surface area contributed by atoms with Crippen molar-refractivity contribution < 1.29 is 14.1 Å². The molecule has 2 heterocycles. The van der Waals surface area contributed by atoms with Gasteiger partial charge in [-0.25, -0.2) is 0 Å². The number of rotatable bonds is 5. The highest BCUT2D eigenvalue weighted by Crippen LogP contribution is 2.34. The molecule has 0 spiro atoms. The van der Waals surface area contributed by atoms with Crippen LogP contribution in [0, 0.1) is 17.0 Å². The van der Waals surface area contributed by atoms with Crippen LogP contribution in [0.1, 0.15) is 24.7 Å². The van der Waals surface area contributed by atoms with Gasteiger partial charge in [-0.1, -0.05) is 43.0 Å². The molecule has 3 rings (SSSR count). The largest absolute Gasteiger partial charge is 0.457 e. The van der Waals surface area contributed by atoms with Gasteiger partial charge in [0.1, 0.15) is 15.8 Å². The van der Waals surface area contributed by atoms with Crippen LogP contribution in [0.25, 0.3) is 17.4 Å². The van der Waals surface area contributed by atoms with E-state index < -0.39 is 4.92 Å². The Hall–Kier alpha value is -2.45. The number of thiocarbonyl (C=S) groups is 1. The summed E-state index contributed by atoms with van der Waals surface area (Å²) in [6.45, 7) is 4.27. The second-order valence-electron chi connectivity index (χ2n) is 5.79. The number of nitro groups is 1. The van der Waals surface area contributed by atoms with Crippen LogP contribution in [0.4, 0.5) is 5.69 Å². The van der Waals surface area contributed by atoms with Gasteiger partial charge in [-0.2, -0.15) is 0 Å². The number of furan rings is 1. The van der Waals surface area contributed by atoms with Crippen molar-refractivity contribution in [2.24, 2.45) is 0 Å². The maximum Gasteiger partial charge on any atom is 0.273 e. The molecular formula is C18H16N2O4S2. The topological polar surface area (TPSA) is 76.6 Å². The number of hydrogen-bond donors (Lipinski definition) is 0. The molecule has 26 heavy (non-hydrogen) atoms. The number of amides is 1. The lowest BCUT2D eigenvalue weighted by Crippen LogP contribution is -2.28. The van der Waals surface area contributed by atoms with Crippen LogP contribution in [-0.2, 0) is 4.79 Å². The monoisotopic (exact) mass is 388 g/mol. The Morgan fingerprint density at radius 1 is 1.35 bits per heavy atom. The summed E-state index contributed by atoms with van der Waals surface area (Å²) in [6, 6.07) is 8.40. The SMILES string of the molecule is CCCN1C(=O)/C(=C/c2ccc(-c3ccc(C)c([N+](=O)[O-])c3)o2)SC1=S. The van der Waals surface area contributed by atoms with E-state index in [1.807, 2.05) is 6.92 Å². The van der Waals surface area contributed by atoms with Crippen LogP contribution in [-0.4, -0.2) is 26.6 Å². The first-order valence-electron chi connectivity index (χ1n) is 8.01. The molecule has 0 radical (unpaired) electrons. The summed E-state index contributed by atoms with van der Waals surface area (Å²) in [6.07, 6.45) is 2.48. The summed E-state index contributed by atoms with van der Waals surface area (Å²) in [5.74, 6) is 0.884. The zero-order chi connectivity index (χ0) is 18.8. The number of nitrogens with zero attached hydrogens (tertiary/aromatic N) is 2. The molecule has 0 atom stereocenters. The highest BCUT2D eigenvalue weighted by molar-refractivity contribution is 8.26. The first kappa shape index (κ1) is 18.3. The van der Waals surface area contributed by atoms with E-state index in [1.54, 1.807) is 42.2 Å². The molecule has 1 aliphatic heterocycles. The summed E-state index contributed by atoms with van der Waals surface area (Å²) in [4.78, 5) is 25.2. The second-order valence-corrected chi connectivity index (χ2v) is 7.47. The minimum absolute atomic E-state index is 0.0425. The predicted molar refractivity (Wildman–Crippen MR) is 106 cm³/mol. The first-order chi connectivity index (χ1) is 12.4. The summed E-state index contributed by atoms with van der Waals surface area (Å²) in [7, 11) is 0. The maximum atomic E-state index is 12.4. The highest BCUT2D eigenvalue weighted by Gasteiger charge is 2.31. The van der Waals surface area contributed by atoms with Crippen molar-refractivity contribution in [3.05, 3.63) is 56.7 Å². The van der Waals surface area contributed by atoms with Crippen LogP contribution in [0.5, 0.6) is 0 Å². The fraction of sp³-hybridized carbons (Fsp3) is 0.222. The van der Waals surface area contributed by atoms with E-state index in [0.717, 1.165) is 6.42 Å². The van der Waals surface area contributed by atoms with Gasteiger partial charge in [0.05, 0.1) is 9.83 Å². The zero-order valence-corrected chi connectivity index (χ0v) is 15.9. The Bertz CT molecular complexity index is 933. The molecular weight excluding hydrogens is 372 g/mol. The van der Waals surface area contributed by atoms with E-state index in [1.165, 1.54) is 17.8 Å². The van der Waals surface area contributed by atoms with E-state index in [9.17, 15) is 14.9 Å². The van der Waals surface area contributed by atoms with Crippen molar-refractivity contribution in [3.8, 4) is 11.3 Å². The van der Waals surface area contributed by atoms with E-state index in [-0.39, 0.29) is 11.6 Å². The van der Waals surface area contributed by atoms with Crippen LogP contribution >= 0.6 is 24.0 Å². The molecule has 0 bridgehead atoms. The standard InChI is InChI=1S/C18H16N2O4S2/c1-3-8-19-17(21)16(26-18(19)25)10-13-6-7-15(24-13)12-5-4-11(2)14(9-12)20(22)23/h4-7,9-10H,3,8H2,1-2H3/b16-10-. The molecule has 1 aliphatic rings. The minimum Gasteiger partial charge on any atom is -0.457 e. The minimum atomic E-state index is -0.415. The smallest absolute Gasteiger partial charge is 0.273 e. The number of carbonyl (C=O) groups is 1. The average molecular weight is 388 g/mol. The van der Waals surface area contributed by atoms with Gasteiger partial charge in [0.15, 0.2) is 0 Å². The van der Waals surface area contributed by atoms with Crippen molar-refractivity contribution in [2.75, 3.05) is 6.54 Å². The van der Waals surface area contributed by atoms with Gasteiger partial charge in [0.2, 0.25) is 0 Å². The molecule has 0 N–H and O–H groups in total. The summed E-state index contributed by atoms with van der Waals surface area (Å²) < 4.78 is 6.30. The lowest BCUT2D eigenvalue weighted by atomic mass is 10.1. The van der Waals surface area contributed by atoms with Gasteiger partial charge in [0.25, 0.3) is 11.6 Å². The predicted octanol–water partition coefficient (Wildman–Crippen LogP) is 4.77. The Morgan fingerprint density at radius 2 is 2.12 bits per heavy atom. The molecule has 134 valence electrons. The molecule has 6 nitrogen and oxygen atoms in total. The molecule has 1 amide bonds. The number of carbonyl (C=O) groups excluding carboxylic acids is 1. The molecule has 0 aliphatic carbocycles.